The van der Waals surface area contributed by atoms with Crippen molar-refractivity contribution in [3.8, 4) is 0 Å². The van der Waals surface area contributed by atoms with Gasteiger partial charge in [-0.05, 0) is 6.42 Å². The summed E-state index contributed by atoms with van der Waals surface area (Å²) in [6.07, 6.45) is 3.87. The maximum atomic E-state index is 12.1. The Hall–Kier alpha value is -0.740. The number of unbranched alkanes of at least 4 members (excludes halogenated alkanes) is 7. The van der Waals surface area contributed by atoms with Crippen molar-refractivity contribution in [1.29, 1.82) is 0 Å². The van der Waals surface area contributed by atoms with Crippen molar-refractivity contribution in [1.82, 2.24) is 4.90 Å². The lowest BCUT2D eigenvalue weighted by atomic mass is 10.1. The first kappa shape index (κ1) is 17.3. The lowest BCUT2D eigenvalue weighted by Crippen LogP contribution is -2.38. The van der Waals surface area contributed by atoms with Crippen molar-refractivity contribution in [2.75, 3.05) is 13.6 Å². The zero-order chi connectivity index (χ0) is 14.0. The molecule has 18 heavy (non-hydrogen) atoms. The van der Waals surface area contributed by atoms with Crippen LogP contribution in [0.4, 0.5) is 13.2 Å². The van der Waals surface area contributed by atoms with E-state index in [1.54, 1.807) is 0 Å². The number of hydrogen-bond acceptors (Lipinski definition) is 1. The fourth-order valence-electron chi connectivity index (χ4n) is 1.80. The molecule has 0 unspecified atom stereocenters. The van der Waals surface area contributed by atoms with Crippen LogP contribution in [-0.4, -0.2) is 30.6 Å². The van der Waals surface area contributed by atoms with Gasteiger partial charge in [-0.15, -0.1) is 0 Å². The Morgan fingerprint density at radius 3 is 1.83 bits per heavy atom. The van der Waals surface area contributed by atoms with Crippen LogP contribution in [0.1, 0.15) is 58.3 Å². The molecule has 2 nitrogen and oxygen atoms in total. The number of nitrogens with zero attached hydrogens (tertiary/aromatic N) is 1. The molecule has 0 spiro atoms. The Bertz CT molecular complexity index is 229. The number of carbonyl (C=O) groups is 1. The van der Waals surface area contributed by atoms with Crippen molar-refractivity contribution < 1.29 is 18.0 Å². The van der Waals surface area contributed by atoms with Crippen molar-refractivity contribution in [3.63, 3.8) is 0 Å². The molecule has 0 saturated carbocycles. The van der Waals surface area contributed by atoms with Crippen LogP contribution in [0.25, 0.3) is 0 Å². The molecule has 0 saturated heterocycles. The van der Waals surface area contributed by atoms with Gasteiger partial charge in [0.25, 0.3) is 0 Å². The molecule has 0 N–H and O–H groups in total. The molecule has 108 valence electrons. The van der Waals surface area contributed by atoms with Gasteiger partial charge in [0, 0.05) is 13.6 Å². The SMILES string of the molecule is CCCCCCCCCCN(C)C(=O)C(F)(F)F. The van der Waals surface area contributed by atoms with E-state index in [-0.39, 0.29) is 6.54 Å². The Morgan fingerprint density at radius 2 is 1.39 bits per heavy atom. The summed E-state index contributed by atoms with van der Waals surface area (Å²) in [6.45, 7) is 2.35. The third-order valence-electron chi connectivity index (χ3n) is 2.94. The van der Waals surface area contributed by atoms with E-state index in [4.69, 9.17) is 0 Å². The van der Waals surface area contributed by atoms with E-state index in [9.17, 15) is 18.0 Å². The fraction of sp³-hybridized carbons (Fsp3) is 0.923. The maximum absolute atomic E-state index is 12.1. The van der Waals surface area contributed by atoms with Crippen molar-refractivity contribution in [3.05, 3.63) is 0 Å². The Balaban J connectivity index is 3.46. The number of alkyl halides is 3. The third-order valence-corrected chi connectivity index (χ3v) is 2.94. The van der Waals surface area contributed by atoms with Gasteiger partial charge in [0.2, 0.25) is 0 Å². The van der Waals surface area contributed by atoms with Crippen LogP contribution in [0, 0.1) is 0 Å². The van der Waals surface area contributed by atoms with Crippen LogP contribution >= 0.6 is 0 Å². The standard InChI is InChI=1S/C13H24F3NO/c1-3-4-5-6-7-8-9-10-11-17(2)12(18)13(14,15)16/h3-11H2,1-2H3. The summed E-state index contributed by atoms with van der Waals surface area (Å²) in [7, 11) is 1.21. The van der Waals surface area contributed by atoms with E-state index in [2.05, 4.69) is 6.92 Å². The molecule has 1 amide bonds. The molecule has 0 aromatic heterocycles. The molecule has 0 aliphatic rings. The molecular weight excluding hydrogens is 243 g/mol. The maximum Gasteiger partial charge on any atom is 0.471 e. The van der Waals surface area contributed by atoms with Crippen LogP contribution in [0.5, 0.6) is 0 Å². The molecule has 0 heterocycles. The minimum atomic E-state index is -4.74. The normalized spacial score (nSPS) is 11.6. The predicted octanol–water partition coefficient (Wildman–Crippen LogP) is 4.15. The van der Waals surface area contributed by atoms with E-state index in [0.717, 1.165) is 24.2 Å². The molecule has 0 aliphatic carbocycles. The summed E-state index contributed by atoms with van der Waals surface area (Å²) in [4.78, 5) is 11.6. The Labute approximate surface area is 108 Å². The van der Waals surface area contributed by atoms with Gasteiger partial charge in [0.05, 0.1) is 0 Å². The van der Waals surface area contributed by atoms with Gasteiger partial charge < -0.3 is 4.90 Å². The van der Waals surface area contributed by atoms with Crippen LogP contribution < -0.4 is 0 Å². The van der Waals surface area contributed by atoms with E-state index in [1.165, 1.54) is 32.7 Å². The lowest BCUT2D eigenvalue weighted by Gasteiger charge is -2.18. The number of carbonyl (C=O) groups excluding carboxylic acids is 1. The quantitative estimate of drug-likeness (QED) is 0.575. The highest BCUT2D eigenvalue weighted by atomic mass is 19.4. The molecule has 0 aromatic carbocycles. The molecular formula is C13H24F3NO. The monoisotopic (exact) mass is 267 g/mol. The second kappa shape index (κ2) is 9.22. The van der Waals surface area contributed by atoms with Gasteiger partial charge in [0.15, 0.2) is 0 Å². The summed E-state index contributed by atoms with van der Waals surface area (Å²) in [5.41, 5.74) is 0. The lowest BCUT2D eigenvalue weighted by molar-refractivity contribution is -0.184. The van der Waals surface area contributed by atoms with Crippen LogP contribution in [0.3, 0.4) is 0 Å². The molecule has 0 fully saturated rings. The zero-order valence-electron chi connectivity index (χ0n) is 11.4. The molecule has 0 bridgehead atoms. The van der Waals surface area contributed by atoms with E-state index >= 15 is 0 Å². The minimum absolute atomic E-state index is 0.188. The van der Waals surface area contributed by atoms with Gasteiger partial charge in [-0.1, -0.05) is 51.9 Å². The second-order valence-corrected chi connectivity index (χ2v) is 4.70. The molecule has 0 rings (SSSR count). The molecule has 0 radical (unpaired) electrons. The number of hydrogen-bond donors (Lipinski definition) is 0. The van der Waals surface area contributed by atoms with Crippen molar-refractivity contribution >= 4 is 5.91 Å². The fourth-order valence-corrected chi connectivity index (χ4v) is 1.80. The summed E-state index contributed by atoms with van der Waals surface area (Å²) in [5, 5.41) is 0. The molecule has 0 aliphatic heterocycles. The topological polar surface area (TPSA) is 20.3 Å². The molecule has 0 aromatic rings. The van der Waals surface area contributed by atoms with Crippen molar-refractivity contribution in [2.45, 2.75) is 64.5 Å². The largest absolute Gasteiger partial charge is 0.471 e. The summed E-state index contributed by atoms with van der Waals surface area (Å²) < 4.78 is 36.2. The summed E-state index contributed by atoms with van der Waals surface area (Å²) in [5.74, 6) is -1.74. The minimum Gasteiger partial charge on any atom is -0.338 e. The highest BCUT2D eigenvalue weighted by molar-refractivity contribution is 5.81. The van der Waals surface area contributed by atoms with Gasteiger partial charge in [-0.25, -0.2) is 0 Å². The first-order valence-corrected chi connectivity index (χ1v) is 6.72. The van der Waals surface area contributed by atoms with E-state index < -0.39 is 12.1 Å². The zero-order valence-corrected chi connectivity index (χ0v) is 11.4. The molecule has 5 heteroatoms. The van der Waals surface area contributed by atoms with Crippen molar-refractivity contribution in [2.24, 2.45) is 0 Å². The first-order valence-electron chi connectivity index (χ1n) is 6.72. The number of amides is 1. The van der Waals surface area contributed by atoms with Gasteiger partial charge in [-0.3, -0.25) is 4.79 Å². The van der Waals surface area contributed by atoms with E-state index in [1.807, 2.05) is 0 Å². The first-order chi connectivity index (χ1) is 8.39. The second-order valence-electron chi connectivity index (χ2n) is 4.70. The van der Waals surface area contributed by atoms with E-state index in [0.29, 0.717) is 6.42 Å². The Morgan fingerprint density at radius 1 is 0.944 bits per heavy atom. The number of rotatable bonds is 9. The third kappa shape index (κ3) is 8.37. The average Bonchev–Trinajstić information content (AvgIpc) is 2.30. The average molecular weight is 267 g/mol. The smallest absolute Gasteiger partial charge is 0.338 e. The van der Waals surface area contributed by atoms with Gasteiger partial charge in [0.1, 0.15) is 0 Å². The summed E-state index contributed by atoms with van der Waals surface area (Å²) in [6, 6.07) is 0. The highest BCUT2D eigenvalue weighted by Crippen LogP contribution is 2.18. The van der Waals surface area contributed by atoms with Gasteiger partial charge >= 0.3 is 12.1 Å². The number of halogens is 3. The van der Waals surface area contributed by atoms with Gasteiger partial charge in [-0.2, -0.15) is 13.2 Å². The van der Waals surface area contributed by atoms with Crippen LogP contribution in [-0.2, 0) is 4.79 Å². The highest BCUT2D eigenvalue weighted by Gasteiger charge is 2.40. The Kier molecular flexibility index (Phi) is 8.85. The predicted molar refractivity (Wildman–Crippen MR) is 66.3 cm³/mol. The van der Waals surface area contributed by atoms with Crippen LogP contribution in [0.2, 0.25) is 0 Å². The molecule has 0 atom stereocenters. The summed E-state index contributed by atoms with van der Waals surface area (Å²) >= 11 is 0. The van der Waals surface area contributed by atoms with Crippen LogP contribution in [0.15, 0.2) is 0 Å².